The zero-order valence-electron chi connectivity index (χ0n) is 18.7. The van der Waals surface area contributed by atoms with Crippen molar-refractivity contribution in [3.8, 4) is 5.75 Å². The van der Waals surface area contributed by atoms with Gasteiger partial charge in [-0.1, -0.05) is 55.5 Å². The molecule has 1 N–H and O–H groups in total. The van der Waals surface area contributed by atoms with Crippen molar-refractivity contribution in [2.75, 3.05) is 12.0 Å². The first kappa shape index (κ1) is 21.6. The Hall–Kier alpha value is -3.60. The van der Waals surface area contributed by atoms with Crippen LogP contribution in [-0.4, -0.2) is 24.5 Å². The number of ether oxygens (including phenoxy) is 1. The molecule has 2 amide bonds. The predicted octanol–water partition coefficient (Wildman–Crippen LogP) is 4.54. The zero-order valence-corrected chi connectivity index (χ0v) is 18.7. The normalized spacial score (nSPS) is 17.6. The molecule has 5 nitrogen and oxygen atoms in total. The summed E-state index contributed by atoms with van der Waals surface area (Å²) in [4.78, 5) is 28.9. The number of fused-ring (bicyclic) bond motifs is 1. The molecule has 1 aliphatic rings. The van der Waals surface area contributed by atoms with E-state index in [0.29, 0.717) is 18.5 Å². The molecule has 3 aromatic carbocycles. The predicted molar refractivity (Wildman–Crippen MR) is 126 cm³/mol. The average Bonchev–Trinajstić information content (AvgIpc) is 2.82. The fraction of sp³-hybridized carbons (Fsp3) is 0.259. The molecule has 4 rings (SSSR count). The van der Waals surface area contributed by atoms with Gasteiger partial charge in [0.05, 0.1) is 7.11 Å². The lowest BCUT2D eigenvalue weighted by Crippen LogP contribution is -2.63. The van der Waals surface area contributed by atoms with Crippen molar-refractivity contribution < 1.29 is 14.3 Å². The number of hydrogen-bond acceptors (Lipinski definition) is 3. The van der Waals surface area contributed by atoms with E-state index in [1.165, 1.54) is 0 Å². The summed E-state index contributed by atoms with van der Waals surface area (Å²) >= 11 is 0. The third-order valence-electron chi connectivity index (χ3n) is 6.18. The molecular weight excluding hydrogens is 400 g/mol. The summed E-state index contributed by atoms with van der Waals surface area (Å²) in [6.45, 7) is 4.24. The average molecular weight is 429 g/mol. The molecule has 32 heavy (non-hydrogen) atoms. The maximum Gasteiger partial charge on any atom is 0.259 e. The summed E-state index contributed by atoms with van der Waals surface area (Å²) < 4.78 is 5.41. The highest BCUT2D eigenvalue weighted by atomic mass is 16.5. The van der Waals surface area contributed by atoms with E-state index in [9.17, 15) is 9.59 Å². The molecule has 5 heteroatoms. The Kier molecular flexibility index (Phi) is 5.99. The van der Waals surface area contributed by atoms with Gasteiger partial charge < -0.3 is 10.1 Å². The summed E-state index contributed by atoms with van der Waals surface area (Å²) in [5.41, 5.74) is 3.19. The van der Waals surface area contributed by atoms with Gasteiger partial charge in [-0.3, -0.25) is 14.5 Å². The summed E-state index contributed by atoms with van der Waals surface area (Å²) in [5.74, 6) is 0.360. The zero-order chi connectivity index (χ0) is 22.7. The van der Waals surface area contributed by atoms with Gasteiger partial charge in [0.25, 0.3) is 5.91 Å². The molecule has 1 atom stereocenters. The van der Waals surface area contributed by atoms with Gasteiger partial charge in [0.1, 0.15) is 11.3 Å². The van der Waals surface area contributed by atoms with E-state index in [4.69, 9.17) is 4.74 Å². The van der Waals surface area contributed by atoms with Crippen LogP contribution in [0.5, 0.6) is 5.75 Å². The van der Waals surface area contributed by atoms with E-state index in [0.717, 1.165) is 34.5 Å². The van der Waals surface area contributed by atoms with E-state index < -0.39 is 5.54 Å². The number of nitrogens with zero attached hydrogens (tertiary/aromatic N) is 1. The standard InChI is InChI=1S/C27H28N2O3/c1-4-19-10-9-13-22(16-19)29-25(30)23-14-7-5-11-20(23)17-27(29,2)26(31)28-18-21-12-6-8-15-24(21)32-3/h5-16H,4,17-18H2,1-3H3,(H,28,31)/t27-/m1/s1. The number of benzene rings is 3. The van der Waals surface area contributed by atoms with Gasteiger partial charge >= 0.3 is 0 Å². The van der Waals surface area contributed by atoms with Gasteiger partial charge in [-0.2, -0.15) is 0 Å². The lowest BCUT2D eigenvalue weighted by atomic mass is 9.82. The van der Waals surface area contributed by atoms with Crippen LogP contribution in [0.4, 0.5) is 5.69 Å². The van der Waals surface area contributed by atoms with E-state index >= 15 is 0 Å². The second-order valence-corrected chi connectivity index (χ2v) is 8.27. The smallest absolute Gasteiger partial charge is 0.259 e. The van der Waals surface area contributed by atoms with Crippen molar-refractivity contribution in [3.05, 3.63) is 95.1 Å². The number of para-hydroxylation sites is 1. The van der Waals surface area contributed by atoms with E-state index in [-0.39, 0.29) is 11.8 Å². The highest BCUT2D eigenvalue weighted by Gasteiger charge is 2.47. The molecule has 3 aromatic rings. The van der Waals surface area contributed by atoms with Crippen LogP contribution in [0.2, 0.25) is 0 Å². The second-order valence-electron chi connectivity index (χ2n) is 8.27. The van der Waals surface area contributed by atoms with E-state index in [1.54, 1.807) is 12.0 Å². The van der Waals surface area contributed by atoms with Crippen LogP contribution in [-0.2, 0) is 24.2 Å². The van der Waals surface area contributed by atoms with Crippen LogP contribution in [0.3, 0.4) is 0 Å². The van der Waals surface area contributed by atoms with Crippen molar-refractivity contribution in [3.63, 3.8) is 0 Å². The number of amides is 2. The first-order chi connectivity index (χ1) is 15.5. The number of methoxy groups -OCH3 is 1. The van der Waals surface area contributed by atoms with Crippen molar-refractivity contribution >= 4 is 17.5 Å². The number of nitrogens with one attached hydrogen (secondary N) is 1. The Labute approximate surface area is 189 Å². The maximum atomic E-state index is 13.6. The number of aryl methyl sites for hydroxylation is 1. The fourth-order valence-electron chi connectivity index (χ4n) is 4.39. The molecule has 0 saturated heterocycles. The summed E-state index contributed by atoms with van der Waals surface area (Å²) in [7, 11) is 1.61. The molecule has 0 bridgehead atoms. The van der Waals surface area contributed by atoms with Crippen LogP contribution in [0.25, 0.3) is 0 Å². The second kappa shape index (κ2) is 8.87. The molecule has 164 valence electrons. The van der Waals surface area contributed by atoms with Gasteiger partial charge in [0.15, 0.2) is 0 Å². The van der Waals surface area contributed by atoms with E-state index in [2.05, 4.69) is 12.2 Å². The molecule has 0 spiro atoms. The van der Waals surface area contributed by atoms with Gasteiger partial charge in [-0.05, 0) is 48.7 Å². The number of carbonyl (C=O) groups excluding carboxylic acids is 2. The third-order valence-corrected chi connectivity index (χ3v) is 6.18. The molecule has 1 aliphatic heterocycles. The van der Waals surface area contributed by atoms with Gasteiger partial charge in [0, 0.05) is 29.8 Å². The Morgan fingerprint density at radius 2 is 1.81 bits per heavy atom. The molecule has 0 unspecified atom stereocenters. The maximum absolute atomic E-state index is 13.6. The van der Waals surface area contributed by atoms with Crippen LogP contribution < -0.4 is 15.0 Å². The lowest BCUT2D eigenvalue weighted by molar-refractivity contribution is -0.126. The van der Waals surface area contributed by atoms with Crippen LogP contribution >= 0.6 is 0 Å². The molecular formula is C27H28N2O3. The Bertz CT molecular complexity index is 1160. The van der Waals surface area contributed by atoms with Crippen LogP contribution in [0.1, 0.15) is 40.9 Å². The van der Waals surface area contributed by atoms with E-state index in [1.807, 2.05) is 79.7 Å². The first-order valence-electron chi connectivity index (χ1n) is 10.9. The topological polar surface area (TPSA) is 58.6 Å². The molecule has 1 heterocycles. The molecule has 0 saturated carbocycles. The van der Waals surface area contributed by atoms with Crippen molar-refractivity contribution in [1.29, 1.82) is 0 Å². The fourth-order valence-corrected chi connectivity index (χ4v) is 4.39. The minimum absolute atomic E-state index is 0.157. The number of rotatable bonds is 6. The first-order valence-corrected chi connectivity index (χ1v) is 10.9. The quantitative estimate of drug-likeness (QED) is 0.627. The Balaban J connectivity index is 1.72. The van der Waals surface area contributed by atoms with Crippen molar-refractivity contribution in [2.24, 2.45) is 0 Å². The minimum atomic E-state index is -1.07. The monoisotopic (exact) mass is 428 g/mol. The Morgan fingerprint density at radius 3 is 2.59 bits per heavy atom. The largest absolute Gasteiger partial charge is 0.496 e. The van der Waals surface area contributed by atoms with Crippen molar-refractivity contribution in [2.45, 2.75) is 38.8 Å². The van der Waals surface area contributed by atoms with Crippen molar-refractivity contribution in [1.82, 2.24) is 5.32 Å². The number of anilines is 1. The van der Waals surface area contributed by atoms with Gasteiger partial charge in [-0.25, -0.2) is 0 Å². The van der Waals surface area contributed by atoms with Crippen LogP contribution in [0.15, 0.2) is 72.8 Å². The van der Waals surface area contributed by atoms with Crippen LogP contribution in [0, 0.1) is 0 Å². The molecule has 0 aromatic heterocycles. The molecule has 0 fully saturated rings. The molecule has 0 radical (unpaired) electrons. The molecule has 0 aliphatic carbocycles. The summed E-state index contributed by atoms with van der Waals surface area (Å²) in [6.07, 6.45) is 1.28. The number of carbonyl (C=O) groups is 2. The Morgan fingerprint density at radius 1 is 1.06 bits per heavy atom. The van der Waals surface area contributed by atoms with Gasteiger partial charge in [0.2, 0.25) is 5.91 Å². The SMILES string of the molecule is CCc1cccc(N2C(=O)c3ccccc3C[C@]2(C)C(=O)NCc2ccccc2OC)c1. The highest BCUT2D eigenvalue weighted by molar-refractivity contribution is 6.14. The third kappa shape index (κ3) is 3.86. The number of hydrogen-bond donors (Lipinski definition) is 1. The summed E-state index contributed by atoms with van der Waals surface area (Å²) in [6, 6.07) is 23.0. The summed E-state index contributed by atoms with van der Waals surface area (Å²) in [5, 5.41) is 3.05. The minimum Gasteiger partial charge on any atom is -0.496 e. The lowest BCUT2D eigenvalue weighted by Gasteiger charge is -2.44. The highest BCUT2D eigenvalue weighted by Crippen LogP contribution is 2.36. The van der Waals surface area contributed by atoms with Gasteiger partial charge in [-0.15, -0.1) is 0 Å².